The predicted molar refractivity (Wildman–Crippen MR) is 226 cm³/mol. The molecule has 1 aromatic heterocycles. The minimum atomic E-state index is -2.06. The van der Waals surface area contributed by atoms with E-state index in [2.05, 4.69) is 41.5 Å². The zero-order valence-electron chi connectivity index (χ0n) is 32.9. The van der Waals surface area contributed by atoms with E-state index in [0.717, 1.165) is 21.9 Å². The summed E-state index contributed by atoms with van der Waals surface area (Å²) in [4.78, 5) is 0. The summed E-state index contributed by atoms with van der Waals surface area (Å²) in [5.74, 6) is 3.58. The fourth-order valence-corrected chi connectivity index (χ4v) is 8.39. The van der Waals surface area contributed by atoms with Crippen molar-refractivity contribution in [3.63, 3.8) is 0 Å². The van der Waals surface area contributed by atoms with Gasteiger partial charge in [-0.25, -0.2) is 0 Å². The van der Waals surface area contributed by atoms with Crippen LogP contribution in [0.5, 0.6) is 34.5 Å². The standard InChI is InChI=1S/C46H46O8P2/c1-45(2,3)39-29-33(47-7)27-37(43(39)53-55(49-31-19-11-9-12-20-31)50-32-21-13-10-14-22-32)38-28-34(48-8)30-40(46(4,5)6)44(38)54-56-51-41-25-17-15-23-35(41)36-24-16-18-26-42(36)52-56/h9-30H,1-8H3. The number of hydrogen-bond donors (Lipinski definition) is 0. The maximum absolute atomic E-state index is 7.05. The van der Waals surface area contributed by atoms with Crippen molar-refractivity contribution in [3.8, 4) is 45.6 Å². The van der Waals surface area contributed by atoms with Crippen molar-refractivity contribution in [1.29, 1.82) is 0 Å². The number of benzene rings is 6. The van der Waals surface area contributed by atoms with Crippen molar-refractivity contribution in [3.05, 3.63) is 145 Å². The average Bonchev–Trinajstić information content (AvgIpc) is 3.34. The van der Waals surface area contributed by atoms with Crippen LogP contribution in [-0.4, -0.2) is 14.2 Å². The lowest BCUT2D eigenvalue weighted by molar-refractivity contribution is 0.380. The Morgan fingerprint density at radius 3 is 1.32 bits per heavy atom. The summed E-state index contributed by atoms with van der Waals surface area (Å²) in [6.45, 7) is 12.8. The van der Waals surface area contributed by atoms with Crippen LogP contribution < -0.4 is 27.6 Å². The van der Waals surface area contributed by atoms with Crippen LogP contribution in [0.2, 0.25) is 0 Å². The molecule has 288 valence electrons. The van der Waals surface area contributed by atoms with Gasteiger partial charge in [-0.05, 0) is 71.5 Å². The Morgan fingerprint density at radius 1 is 0.464 bits per heavy atom. The summed E-state index contributed by atoms with van der Waals surface area (Å²) in [5.41, 5.74) is 3.61. The molecule has 8 nitrogen and oxygen atoms in total. The van der Waals surface area contributed by atoms with Gasteiger partial charge in [-0.2, -0.15) is 0 Å². The van der Waals surface area contributed by atoms with Crippen LogP contribution in [0.1, 0.15) is 52.7 Å². The van der Waals surface area contributed by atoms with Crippen LogP contribution in [0, 0.1) is 0 Å². The monoisotopic (exact) mass is 788 g/mol. The van der Waals surface area contributed by atoms with Crippen molar-refractivity contribution in [1.82, 2.24) is 0 Å². The Hall–Kier alpha value is -5.55. The Kier molecular flexibility index (Phi) is 11.3. The molecule has 0 radical (unpaired) electrons. The Balaban J connectivity index is 1.49. The predicted octanol–water partition coefficient (Wildman–Crippen LogP) is 14.2. The van der Waals surface area contributed by atoms with Crippen LogP contribution in [0.4, 0.5) is 0 Å². The molecule has 56 heavy (non-hydrogen) atoms. The molecule has 0 amide bonds. The maximum atomic E-state index is 7.05. The molecule has 7 aromatic rings. The number of hydrogen-bond acceptors (Lipinski definition) is 8. The first-order valence-corrected chi connectivity index (χ1v) is 20.5. The third-order valence-electron chi connectivity index (χ3n) is 9.09. The van der Waals surface area contributed by atoms with E-state index < -0.39 is 27.7 Å². The third kappa shape index (κ3) is 8.63. The highest BCUT2D eigenvalue weighted by molar-refractivity contribution is 7.43. The molecule has 10 heteroatoms. The molecule has 0 aliphatic carbocycles. The highest BCUT2D eigenvalue weighted by Gasteiger charge is 2.33. The minimum Gasteiger partial charge on any atom is -0.497 e. The van der Waals surface area contributed by atoms with Crippen molar-refractivity contribution < 1.29 is 36.0 Å². The quantitative estimate of drug-likeness (QED) is 0.120. The van der Waals surface area contributed by atoms with Crippen LogP contribution in [0.3, 0.4) is 0 Å². The van der Waals surface area contributed by atoms with Gasteiger partial charge in [0.05, 0.1) is 14.2 Å². The molecule has 0 spiro atoms. The molecule has 0 saturated carbocycles. The molecule has 0 bridgehead atoms. The molecule has 0 saturated heterocycles. The van der Waals surface area contributed by atoms with E-state index in [4.69, 9.17) is 36.0 Å². The van der Waals surface area contributed by atoms with Gasteiger partial charge < -0.3 is 36.0 Å². The summed E-state index contributed by atoms with van der Waals surface area (Å²) in [7, 11) is -0.769. The Labute approximate surface area is 330 Å². The van der Waals surface area contributed by atoms with Crippen molar-refractivity contribution in [2.24, 2.45) is 0 Å². The van der Waals surface area contributed by atoms with E-state index in [1.807, 2.05) is 133 Å². The lowest BCUT2D eigenvalue weighted by Crippen LogP contribution is -2.16. The highest BCUT2D eigenvalue weighted by atomic mass is 31.2. The summed E-state index contributed by atoms with van der Waals surface area (Å²) in [6.07, 6.45) is 0. The molecule has 7 rings (SSSR count). The van der Waals surface area contributed by atoms with E-state index >= 15 is 0 Å². The number of rotatable bonds is 11. The molecule has 6 aromatic carbocycles. The molecule has 0 unspecified atom stereocenters. The Morgan fingerprint density at radius 2 is 0.875 bits per heavy atom. The fraction of sp³-hybridized carbons (Fsp3) is 0.217. The van der Waals surface area contributed by atoms with Gasteiger partial charge in [0.25, 0.3) is 0 Å². The number of para-hydroxylation sites is 4. The van der Waals surface area contributed by atoms with Gasteiger partial charge >= 0.3 is 16.8 Å². The van der Waals surface area contributed by atoms with Gasteiger partial charge in [0.1, 0.15) is 45.7 Å². The summed E-state index contributed by atoms with van der Waals surface area (Å²) in [5, 5.41) is 1.84. The molecular weight excluding hydrogens is 742 g/mol. The second kappa shape index (κ2) is 16.3. The van der Waals surface area contributed by atoms with Crippen LogP contribution in [0.15, 0.2) is 142 Å². The van der Waals surface area contributed by atoms with E-state index in [9.17, 15) is 0 Å². The molecule has 0 aliphatic heterocycles. The topological polar surface area (TPSA) is 81.7 Å². The van der Waals surface area contributed by atoms with Crippen molar-refractivity contribution >= 4 is 38.8 Å². The molecule has 0 fully saturated rings. The van der Waals surface area contributed by atoms with Gasteiger partial charge in [0, 0.05) is 33.0 Å². The molecule has 1 heterocycles. The van der Waals surface area contributed by atoms with Crippen LogP contribution >= 0.6 is 16.8 Å². The molecule has 0 aliphatic rings. The molecule has 0 atom stereocenters. The number of fused-ring (bicyclic) bond motifs is 3. The first-order valence-electron chi connectivity index (χ1n) is 18.3. The van der Waals surface area contributed by atoms with E-state index in [-0.39, 0.29) is 0 Å². The normalized spacial score (nSPS) is 11.7. The van der Waals surface area contributed by atoms with E-state index in [1.54, 1.807) is 14.2 Å². The average molecular weight is 789 g/mol. The van der Waals surface area contributed by atoms with Gasteiger partial charge in [0.15, 0.2) is 0 Å². The highest BCUT2D eigenvalue weighted by Crippen LogP contribution is 2.54. The van der Waals surface area contributed by atoms with Gasteiger partial charge in [-0.15, -0.1) is 0 Å². The number of methoxy groups -OCH3 is 2. The fourth-order valence-electron chi connectivity index (χ4n) is 6.25. The van der Waals surface area contributed by atoms with Gasteiger partial charge in [0.2, 0.25) is 0 Å². The summed E-state index contributed by atoms with van der Waals surface area (Å²) in [6, 6.07) is 42.7. The molecule has 0 N–H and O–H groups in total. The number of ether oxygens (including phenoxy) is 2. The van der Waals surface area contributed by atoms with Crippen molar-refractivity contribution in [2.75, 3.05) is 14.2 Å². The van der Waals surface area contributed by atoms with Crippen molar-refractivity contribution in [2.45, 2.75) is 52.4 Å². The zero-order chi connectivity index (χ0) is 39.5. The first-order chi connectivity index (χ1) is 26.9. The second-order valence-corrected chi connectivity index (χ2v) is 17.2. The Bertz CT molecular complexity index is 2390. The third-order valence-corrected chi connectivity index (χ3v) is 11.2. The largest absolute Gasteiger partial charge is 0.530 e. The second-order valence-electron chi connectivity index (χ2n) is 15.2. The summed E-state index contributed by atoms with van der Waals surface area (Å²) >= 11 is 0. The lowest BCUT2D eigenvalue weighted by atomic mass is 9.81. The lowest BCUT2D eigenvalue weighted by Gasteiger charge is -2.29. The smallest absolute Gasteiger partial charge is 0.497 e. The van der Waals surface area contributed by atoms with Gasteiger partial charge in [-0.1, -0.05) is 114 Å². The van der Waals surface area contributed by atoms with Crippen LogP contribution in [-0.2, 0) is 10.8 Å². The molecular formula is C46H46O8P2. The maximum Gasteiger partial charge on any atom is 0.530 e. The minimum absolute atomic E-state index is 0.415. The van der Waals surface area contributed by atoms with E-state index in [1.165, 1.54) is 0 Å². The SMILES string of the molecule is COc1cc(-c2cc(OC)cc(C(C)(C)C)c2Op2oc3ccccc3c3ccccc3o2)c(OP(Oc2ccccc2)Oc2ccccc2)c(C(C)(C)C)c1. The first kappa shape index (κ1) is 38.7. The zero-order valence-corrected chi connectivity index (χ0v) is 34.7. The van der Waals surface area contributed by atoms with Crippen LogP contribution in [0.25, 0.3) is 33.1 Å². The van der Waals surface area contributed by atoms with Gasteiger partial charge in [-0.3, -0.25) is 0 Å². The van der Waals surface area contributed by atoms with E-state index in [0.29, 0.717) is 56.8 Å². The summed E-state index contributed by atoms with van der Waals surface area (Å²) < 4.78 is 52.2.